The normalized spacial score (nSPS) is 45.3. The molecule has 0 aromatic heterocycles. The maximum Gasteiger partial charge on any atom is 0.0309 e. The molecule has 4 aliphatic rings. The van der Waals surface area contributed by atoms with Crippen LogP contribution in [0, 0.1) is 5.92 Å². The van der Waals surface area contributed by atoms with Crippen LogP contribution in [0.15, 0.2) is 0 Å². The second-order valence-electron chi connectivity index (χ2n) is 7.54. The molecule has 3 nitrogen and oxygen atoms in total. The zero-order valence-corrected chi connectivity index (χ0v) is 12.4. The monoisotopic (exact) mass is 263 g/mol. The number of nitrogens with zero attached hydrogens (tertiary/aromatic N) is 2. The highest BCUT2D eigenvalue weighted by Crippen LogP contribution is 2.42. The van der Waals surface area contributed by atoms with Gasteiger partial charge in [-0.25, -0.2) is 0 Å². The van der Waals surface area contributed by atoms with Crippen LogP contribution in [0.5, 0.6) is 0 Å². The van der Waals surface area contributed by atoms with Gasteiger partial charge in [0.05, 0.1) is 0 Å². The summed E-state index contributed by atoms with van der Waals surface area (Å²) in [5.41, 5.74) is 0.417. The van der Waals surface area contributed by atoms with Gasteiger partial charge in [0, 0.05) is 43.8 Å². The molecule has 19 heavy (non-hydrogen) atoms. The van der Waals surface area contributed by atoms with Crippen LogP contribution in [0.3, 0.4) is 0 Å². The minimum atomic E-state index is 0.417. The third-order valence-electron chi connectivity index (χ3n) is 6.23. The van der Waals surface area contributed by atoms with Gasteiger partial charge < -0.3 is 5.32 Å². The van der Waals surface area contributed by atoms with E-state index in [2.05, 4.69) is 22.0 Å². The van der Waals surface area contributed by atoms with Gasteiger partial charge in [0.2, 0.25) is 0 Å². The third kappa shape index (κ3) is 2.24. The zero-order valence-electron chi connectivity index (χ0n) is 12.4. The van der Waals surface area contributed by atoms with Crippen molar-refractivity contribution in [2.75, 3.05) is 32.7 Å². The lowest BCUT2D eigenvalue weighted by Crippen LogP contribution is -2.63. The van der Waals surface area contributed by atoms with Crippen molar-refractivity contribution in [3.8, 4) is 0 Å². The molecular formula is C16H29N3. The van der Waals surface area contributed by atoms with Crippen molar-refractivity contribution >= 4 is 0 Å². The van der Waals surface area contributed by atoms with Crippen molar-refractivity contribution in [3.05, 3.63) is 0 Å². The SMILES string of the molecule is CC1(C2CC2)CN(C2CCN3CCCCC23)CCN1. The van der Waals surface area contributed by atoms with Crippen molar-refractivity contribution in [2.45, 2.75) is 63.1 Å². The van der Waals surface area contributed by atoms with E-state index in [4.69, 9.17) is 0 Å². The molecule has 4 fully saturated rings. The first-order chi connectivity index (χ1) is 9.26. The number of nitrogens with one attached hydrogen (secondary N) is 1. The molecule has 1 aliphatic carbocycles. The third-order valence-corrected chi connectivity index (χ3v) is 6.23. The fourth-order valence-corrected chi connectivity index (χ4v) is 4.97. The van der Waals surface area contributed by atoms with Crippen molar-refractivity contribution in [1.82, 2.24) is 15.1 Å². The van der Waals surface area contributed by atoms with Gasteiger partial charge in [-0.3, -0.25) is 9.80 Å². The summed E-state index contributed by atoms with van der Waals surface area (Å²) in [6.07, 6.45) is 8.68. The Hall–Kier alpha value is -0.120. The molecular weight excluding hydrogens is 234 g/mol. The Bertz CT molecular complexity index is 341. The summed E-state index contributed by atoms with van der Waals surface area (Å²) >= 11 is 0. The Morgan fingerprint density at radius 2 is 1.74 bits per heavy atom. The predicted molar refractivity (Wildman–Crippen MR) is 78.3 cm³/mol. The average Bonchev–Trinajstić information content (AvgIpc) is 3.20. The van der Waals surface area contributed by atoms with Crippen LogP contribution in [0.4, 0.5) is 0 Å². The predicted octanol–water partition coefficient (Wildman–Crippen LogP) is 1.69. The van der Waals surface area contributed by atoms with Crippen LogP contribution in [0.25, 0.3) is 0 Å². The molecule has 0 bridgehead atoms. The van der Waals surface area contributed by atoms with E-state index in [0.29, 0.717) is 5.54 Å². The molecule has 1 saturated carbocycles. The summed E-state index contributed by atoms with van der Waals surface area (Å²) in [7, 11) is 0. The van der Waals surface area contributed by atoms with Gasteiger partial charge in [-0.05, 0) is 51.5 Å². The molecule has 3 heterocycles. The van der Waals surface area contributed by atoms with Gasteiger partial charge in [0.25, 0.3) is 0 Å². The zero-order chi connectivity index (χ0) is 12.9. The number of fused-ring (bicyclic) bond motifs is 1. The van der Waals surface area contributed by atoms with Gasteiger partial charge in [-0.15, -0.1) is 0 Å². The first kappa shape index (κ1) is 12.6. The fourth-order valence-electron chi connectivity index (χ4n) is 4.97. The number of piperazine rings is 1. The van der Waals surface area contributed by atoms with Crippen molar-refractivity contribution in [2.24, 2.45) is 5.92 Å². The van der Waals surface area contributed by atoms with E-state index in [-0.39, 0.29) is 0 Å². The van der Waals surface area contributed by atoms with Gasteiger partial charge >= 0.3 is 0 Å². The number of hydrogen-bond donors (Lipinski definition) is 1. The van der Waals surface area contributed by atoms with Gasteiger partial charge in [-0.1, -0.05) is 6.42 Å². The summed E-state index contributed by atoms with van der Waals surface area (Å²) in [4.78, 5) is 5.63. The van der Waals surface area contributed by atoms with Crippen LogP contribution >= 0.6 is 0 Å². The highest BCUT2D eigenvalue weighted by Gasteiger charge is 2.47. The standard InChI is InChI=1S/C16H29N3/c1-16(13-5-6-13)12-19(11-8-17-16)15-7-10-18-9-3-2-4-14(15)18/h13-15,17H,2-12H2,1H3. The highest BCUT2D eigenvalue weighted by molar-refractivity contribution is 5.05. The fraction of sp³-hybridized carbons (Fsp3) is 1.00. The molecule has 3 saturated heterocycles. The summed E-state index contributed by atoms with van der Waals surface area (Å²) in [6.45, 7) is 8.98. The molecule has 1 N–H and O–H groups in total. The van der Waals surface area contributed by atoms with Crippen LogP contribution in [0.1, 0.15) is 45.4 Å². The van der Waals surface area contributed by atoms with Crippen molar-refractivity contribution in [3.63, 3.8) is 0 Å². The van der Waals surface area contributed by atoms with Crippen molar-refractivity contribution in [1.29, 1.82) is 0 Å². The van der Waals surface area contributed by atoms with E-state index in [9.17, 15) is 0 Å². The lowest BCUT2D eigenvalue weighted by atomic mass is 9.90. The highest BCUT2D eigenvalue weighted by atomic mass is 15.3. The quantitative estimate of drug-likeness (QED) is 0.818. The number of piperidine rings is 1. The molecule has 0 spiro atoms. The Kier molecular flexibility index (Phi) is 3.13. The first-order valence-electron chi connectivity index (χ1n) is 8.49. The second-order valence-corrected chi connectivity index (χ2v) is 7.54. The van der Waals surface area contributed by atoms with Crippen LogP contribution in [0.2, 0.25) is 0 Å². The van der Waals surface area contributed by atoms with E-state index in [1.54, 1.807) is 0 Å². The molecule has 4 rings (SSSR count). The largest absolute Gasteiger partial charge is 0.309 e. The van der Waals surface area contributed by atoms with E-state index in [1.807, 2.05) is 0 Å². The van der Waals surface area contributed by atoms with Gasteiger partial charge in [-0.2, -0.15) is 0 Å². The molecule has 3 unspecified atom stereocenters. The molecule has 0 amide bonds. The second kappa shape index (κ2) is 4.71. The molecule has 0 aromatic carbocycles. The molecule has 3 heteroatoms. The van der Waals surface area contributed by atoms with E-state index >= 15 is 0 Å². The van der Waals surface area contributed by atoms with Crippen molar-refractivity contribution < 1.29 is 0 Å². The molecule has 3 atom stereocenters. The van der Waals surface area contributed by atoms with E-state index < -0.39 is 0 Å². The Morgan fingerprint density at radius 1 is 0.895 bits per heavy atom. The molecule has 0 aromatic rings. The smallest absolute Gasteiger partial charge is 0.0309 e. The van der Waals surface area contributed by atoms with Crippen LogP contribution in [-0.2, 0) is 0 Å². The summed E-state index contributed by atoms with van der Waals surface area (Å²) in [6, 6.07) is 1.75. The minimum Gasteiger partial charge on any atom is -0.309 e. The number of hydrogen-bond acceptors (Lipinski definition) is 3. The lowest BCUT2D eigenvalue weighted by Gasteiger charge is -2.46. The lowest BCUT2D eigenvalue weighted by molar-refractivity contribution is 0.0582. The van der Waals surface area contributed by atoms with Gasteiger partial charge in [0.15, 0.2) is 0 Å². The Labute approximate surface area is 117 Å². The van der Waals surface area contributed by atoms with Crippen LogP contribution in [-0.4, -0.2) is 60.1 Å². The summed E-state index contributed by atoms with van der Waals surface area (Å²) in [5.74, 6) is 0.958. The summed E-state index contributed by atoms with van der Waals surface area (Å²) in [5, 5.41) is 3.83. The minimum absolute atomic E-state index is 0.417. The maximum absolute atomic E-state index is 3.83. The number of rotatable bonds is 2. The summed E-state index contributed by atoms with van der Waals surface area (Å²) < 4.78 is 0. The van der Waals surface area contributed by atoms with Crippen LogP contribution < -0.4 is 5.32 Å². The Balaban J connectivity index is 1.46. The maximum atomic E-state index is 3.83. The molecule has 3 aliphatic heterocycles. The average molecular weight is 263 g/mol. The van der Waals surface area contributed by atoms with Gasteiger partial charge in [0.1, 0.15) is 0 Å². The first-order valence-corrected chi connectivity index (χ1v) is 8.49. The molecule has 108 valence electrons. The molecule has 0 radical (unpaired) electrons. The van der Waals surface area contributed by atoms with E-state index in [1.165, 1.54) is 71.2 Å². The topological polar surface area (TPSA) is 18.5 Å². The van der Waals surface area contributed by atoms with E-state index in [0.717, 1.165) is 18.0 Å². The Morgan fingerprint density at radius 3 is 2.58 bits per heavy atom.